The molecule has 0 bridgehead atoms. The van der Waals surface area contributed by atoms with Crippen LogP contribution in [0.15, 0.2) is 35.1 Å². The third kappa shape index (κ3) is 2.99. The summed E-state index contributed by atoms with van der Waals surface area (Å²) in [4.78, 5) is 36.1. The average molecular weight is 437 g/mol. The van der Waals surface area contributed by atoms with Gasteiger partial charge in [-0.3, -0.25) is 24.3 Å². The van der Waals surface area contributed by atoms with Gasteiger partial charge < -0.3 is 10.5 Å². The highest BCUT2D eigenvalue weighted by atomic mass is 19.2. The molecule has 3 aromatic rings. The molecule has 1 aromatic heterocycles. The Labute approximate surface area is 168 Å². The van der Waals surface area contributed by atoms with Crippen molar-refractivity contribution in [2.45, 2.75) is 0 Å². The molecule has 1 aliphatic rings. The smallest absolute Gasteiger partial charge is 0.262 e. The molecule has 2 amide bonds. The number of anilines is 1. The number of amides is 2. The lowest BCUT2D eigenvalue weighted by Crippen LogP contribution is -2.24. The number of hydrogen-bond acceptors (Lipinski definition) is 5. The maximum atomic E-state index is 13.9. The van der Waals surface area contributed by atoms with E-state index in [2.05, 4.69) is 0 Å². The van der Waals surface area contributed by atoms with Gasteiger partial charge in [-0.15, -0.1) is 0 Å². The number of halogens is 5. The molecule has 0 spiro atoms. The number of hydrogen-bond donors (Lipinski definition) is 2. The fraction of sp³-hybridized carbons (Fsp3) is 0. The van der Waals surface area contributed by atoms with Crippen LogP contribution in [0.4, 0.5) is 27.8 Å². The quantitative estimate of drug-likeness (QED) is 0.284. The Morgan fingerprint density at radius 3 is 2.10 bits per heavy atom. The lowest BCUT2D eigenvalue weighted by atomic mass is 10.1. The largest absolute Gasteiger partial charge is 0.451 e. The molecule has 7 nitrogen and oxygen atoms in total. The number of benzene rings is 2. The number of pyridine rings is 1. The van der Waals surface area contributed by atoms with Gasteiger partial charge in [0.2, 0.25) is 34.8 Å². The van der Waals surface area contributed by atoms with Crippen molar-refractivity contribution in [2.75, 3.05) is 5.73 Å². The van der Waals surface area contributed by atoms with Gasteiger partial charge in [0.05, 0.1) is 16.8 Å². The van der Waals surface area contributed by atoms with Gasteiger partial charge in [0.15, 0.2) is 0 Å². The summed E-state index contributed by atoms with van der Waals surface area (Å²) in [7, 11) is 0. The molecular formula is C19H8F5N3O4. The lowest BCUT2D eigenvalue weighted by Gasteiger charge is -2.14. The summed E-state index contributed by atoms with van der Waals surface area (Å²) < 4.78 is 73.3. The van der Waals surface area contributed by atoms with Crippen molar-refractivity contribution in [3.8, 4) is 17.2 Å². The molecule has 0 aliphatic carbocycles. The first-order chi connectivity index (χ1) is 14.6. The average Bonchev–Trinajstić information content (AvgIpc) is 3.02. The van der Waals surface area contributed by atoms with E-state index < -0.39 is 63.8 Å². The molecule has 0 radical (unpaired) electrons. The van der Waals surface area contributed by atoms with Crippen molar-refractivity contribution >= 4 is 17.6 Å². The molecule has 158 valence electrons. The Morgan fingerprint density at radius 2 is 1.45 bits per heavy atom. The fourth-order valence-corrected chi connectivity index (χ4v) is 3.02. The number of carbonyl (C=O) groups excluding carboxylic acids is 2. The van der Waals surface area contributed by atoms with Gasteiger partial charge in [-0.05, 0) is 12.1 Å². The van der Waals surface area contributed by atoms with Crippen LogP contribution in [0.1, 0.15) is 20.7 Å². The molecule has 4 rings (SSSR count). The molecule has 0 saturated carbocycles. The minimum absolute atomic E-state index is 0.0705. The summed E-state index contributed by atoms with van der Waals surface area (Å²) in [5.41, 5.74) is 4.50. The van der Waals surface area contributed by atoms with Crippen molar-refractivity contribution in [1.82, 2.24) is 9.88 Å². The van der Waals surface area contributed by atoms with Crippen LogP contribution in [0.2, 0.25) is 0 Å². The zero-order valence-electron chi connectivity index (χ0n) is 14.9. The van der Waals surface area contributed by atoms with Crippen LogP contribution < -0.4 is 21.3 Å². The normalized spacial score (nSPS) is 12.7. The topological polar surface area (TPSA) is 103 Å². The first-order valence-electron chi connectivity index (χ1n) is 8.32. The number of fused-ring (bicyclic) bond motifs is 1. The van der Waals surface area contributed by atoms with Gasteiger partial charge in [-0.2, -0.15) is 8.78 Å². The van der Waals surface area contributed by atoms with Gasteiger partial charge >= 0.3 is 0 Å². The van der Waals surface area contributed by atoms with E-state index >= 15 is 0 Å². The number of nitrogen functional groups attached to an aromatic ring is 1. The van der Waals surface area contributed by atoms with Crippen LogP contribution in [0.25, 0.3) is 5.69 Å². The van der Waals surface area contributed by atoms with Gasteiger partial charge in [-0.25, -0.2) is 13.2 Å². The molecule has 0 unspecified atom stereocenters. The third-order valence-electron chi connectivity index (χ3n) is 4.42. The molecule has 3 N–H and O–H groups in total. The van der Waals surface area contributed by atoms with E-state index in [0.717, 1.165) is 22.8 Å². The number of carbonyl (C=O) groups is 2. The van der Waals surface area contributed by atoms with E-state index in [4.69, 9.17) is 10.5 Å². The number of nitrogens with two attached hydrogens (primary N) is 1. The van der Waals surface area contributed by atoms with Crippen molar-refractivity contribution in [3.05, 3.63) is 80.9 Å². The predicted molar refractivity (Wildman–Crippen MR) is 94.6 cm³/mol. The lowest BCUT2D eigenvalue weighted by molar-refractivity contribution is 0.0880. The van der Waals surface area contributed by atoms with Crippen LogP contribution in [0.3, 0.4) is 0 Å². The molecule has 0 saturated heterocycles. The summed E-state index contributed by atoms with van der Waals surface area (Å²) in [6.45, 7) is 0. The zero-order valence-corrected chi connectivity index (χ0v) is 14.9. The molecule has 2 aromatic carbocycles. The van der Waals surface area contributed by atoms with Gasteiger partial charge in [0.1, 0.15) is 11.6 Å². The Hall–Kier alpha value is -4.22. The van der Waals surface area contributed by atoms with Crippen molar-refractivity contribution in [1.29, 1.82) is 0 Å². The molecule has 12 heteroatoms. The molecule has 0 atom stereocenters. The van der Waals surface area contributed by atoms with Crippen LogP contribution in [0, 0.1) is 29.1 Å². The number of nitrogens with one attached hydrogen (secondary N) is 1. The highest BCUT2D eigenvalue weighted by Crippen LogP contribution is 2.33. The van der Waals surface area contributed by atoms with Crippen LogP contribution in [0.5, 0.6) is 11.5 Å². The van der Waals surface area contributed by atoms with E-state index in [1.807, 2.05) is 5.32 Å². The van der Waals surface area contributed by atoms with Crippen LogP contribution >= 0.6 is 0 Å². The second-order valence-corrected chi connectivity index (χ2v) is 6.27. The Balaban J connectivity index is 1.82. The highest BCUT2D eigenvalue weighted by Gasteiger charge is 2.32. The van der Waals surface area contributed by atoms with Crippen LogP contribution in [-0.2, 0) is 0 Å². The Bertz CT molecular complexity index is 1340. The van der Waals surface area contributed by atoms with Crippen LogP contribution in [-0.4, -0.2) is 16.4 Å². The summed E-state index contributed by atoms with van der Waals surface area (Å²) in [5.74, 6) is -15.1. The van der Waals surface area contributed by atoms with Crippen molar-refractivity contribution < 1.29 is 36.3 Å². The first kappa shape index (κ1) is 20.1. The number of ether oxygens (including phenoxy) is 1. The van der Waals surface area contributed by atoms with Gasteiger partial charge in [0.25, 0.3) is 17.4 Å². The molecule has 0 fully saturated rings. The van der Waals surface area contributed by atoms with E-state index in [-0.39, 0.29) is 16.8 Å². The second kappa shape index (κ2) is 6.93. The second-order valence-electron chi connectivity index (χ2n) is 6.27. The number of rotatable bonds is 3. The zero-order chi connectivity index (χ0) is 22.6. The molecule has 1 aliphatic heterocycles. The molecule has 31 heavy (non-hydrogen) atoms. The van der Waals surface area contributed by atoms with E-state index in [9.17, 15) is 36.3 Å². The first-order valence-corrected chi connectivity index (χ1v) is 8.32. The third-order valence-corrected chi connectivity index (χ3v) is 4.42. The van der Waals surface area contributed by atoms with Gasteiger partial charge in [0, 0.05) is 12.1 Å². The summed E-state index contributed by atoms with van der Waals surface area (Å²) >= 11 is 0. The van der Waals surface area contributed by atoms with E-state index in [1.165, 1.54) is 12.1 Å². The number of aromatic nitrogens is 1. The summed E-state index contributed by atoms with van der Waals surface area (Å²) in [6.07, 6.45) is 0. The minimum atomic E-state index is -2.35. The highest BCUT2D eigenvalue weighted by molar-refractivity contribution is 6.23. The summed E-state index contributed by atoms with van der Waals surface area (Å²) in [5, 5.41) is 1.98. The van der Waals surface area contributed by atoms with Crippen molar-refractivity contribution in [3.63, 3.8) is 0 Å². The monoisotopic (exact) mass is 437 g/mol. The maximum Gasteiger partial charge on any atom is 0.262 e. The van der Waals surface area contributed by atoms with E-state index in [0.29, 0.717) is 0 Å². The standard InChI is InChI=1S/C19H8F5N3O4/c20-11-12(21)14(23)16(15(24)13(11)22)31-7-3-1-2-6(4-7)27-9(28)5-8-10(17(27)25)19(30)26-18(8)29/h1-5H,25H2,(H,26,29,30). The SMILES string of the molecule is Nc1c2c(cc(=O)n1-c1cccc(Oc3c(F)c(F)c(F)c(F)c3F)c1)C(=O)NC2=O. The fourth-order valence-electron chi connectivity index (χ4n) is 3.02. The van der Waals surface area contributed by atoms with Gasteiger partial charge in [-0.1, -0.05) is 6.07 Å². The Morgan fingerprint density at radius 1 is 0.839 bits per heavy atom. The predicted octanol–water partition coefficient (Wildman–Crippen LogP) is 2.79. The molecule has 2 heterocycles. The van der Waals surface area contributed by atoms with Crippen molar-refractivity contribution in [2.24, 2.45) is 0 Å². The maximum absolute atomic E-state index is 13.9. The van der Waals surface area contributed by atoms with E-state index in [1.54, 1.807) is 0 Å². The number of nitrogens with zero attached hydrogens (tertiary/aromatic N) is 1. The minimum Gasteiger partial charge on any atom is -0.451 e. The summed E-state index contributed by atoms with van der Waals surface area (Å²) in [6, 6.07) is 5.53. The molecular weight excluding hydrogens is 429 g/mol. The number of imide groups is 1. The Kier molecular flexibility index (Phi) is 4.49.